The van der Waals surface area contributed by atoms with Crippen molar-refractivity contribution in [2.24, 2.45) is 5.92 Å². The van der Waals surface area contributed by atoms with Gasteiger partial charge in [-0.15, -0.1) is 0 Å². The highest BCUT2D eigenvalue weighted by Gasteiger charge is 2.55. The van der Waals surface area contributed by atoms with E-state index in [1.165, 1.54) is 5.56 Å². The highest BCUT2D eigenvalue weighted by atomic mass is 16.5. The first-order valence-electron chi connectivity index (χ1n) is 9.99. The Bertz CT molecular complexity index is 710. The second kappa shape index (κ2) is 7.15. The van der Waals surface area contributed by atoms with Crippen LogP contribution in [-0.2, 0) is 9.59 Å². The van der Waals surface area contributed by atoms with Crippen LogP contribution in [0.1, 0.15) is 38.2 Å². The molecule has 5 rings (SSSR count). The first kappa shape index (κ1) is 18.3. The molecule has 6 heteroatoms. The van der Waals surface area contributed by atoms with Gasteiger partial charge >= 0.3 is 11.8 Å². The first-order valence-corrected chi connectivity index (χ1v) is 9.99. The molecule has 1 aromatic carbocycles. The predicted octanol–water partition coefficient (Wildman–Crippen LogP) is 1.61. The van der Waals surface area contributed by atoms with E-state index in [4.69, 9.17) is 4.74 Å². The number of carbonyl (C=O) groups is 2. The number of benzene rings is 1. The van der Waals surface area contributed by atoms with E-state index in [0.29, 0.717) is 18.5 Å². The molecule has 0 aromatic heterocycles. The summed E-state index contributed by atoms with van der Waals surface area (Å²) in [6.45, 7) is 6.56. The molecule has 4 aliphatic rings. The van der Waals surface area contributed by atoms with E-state index in [0.717, 1.165) is 31.7 Å². The van der Waals surface area contributed by atoms with Gasteiger partial charge in [0.05, 0.1) is 13.2 Å². The molecule has 4 aliphatic heterocycles. The molecule has 146 valence electrons. The standard InChI is InChI=1S/C21H29N3O3/c1-13(2)22-20(25)21(26)24-12-17(14-4-6-16(27-3)7-5-14)19-18(24)15-8-10-23(19)11-9-15/h4-7,13,15,17-19H,8-12H2,1-3H3,(H,22,25)/t17-,18+,19+/m0/s1. The van der Waals surface area contributed by atoms with E-state index in [1.807, 2.05) is 30.9 Å². The Hall–Kier alpha value is -2.08. The number of amides is 2. The Morgan fingerprint density at radius 2 is 1.78 bits per heavy atom. The van der Waals surface area contributed by atoms with Gasteiger partial charge in [0, 0.05) is 24.5 Å². The largest absolute Gasteiger partial charge is 0.497 e. The van der Waals surface area contributed by atoms with E-state index in [1.54, 1.807) is 7.11 Å². The molecule has 4 fully saturated rings. The lowest BCUT2D eigenvalue weighted by Crippen LogP contribution is -2.61. The molecule has 0 radical (unpaired) electrons. The van der Waals surface area contributed by atoms with Gasteiger partial charge in [0.15, 0.2) is 0 Å². The number of nitrogens with zero attached hydrogens (tertiary/aromatic N) is 2. The highest BCUT2D eigenvalue weighted by molar-refractivity contribution is 6.35. The number of ether oxygens (including phenoxy) is 1. The fourth-order valence-corrected chi connectivity index (χ4v) is 5.25. The van der Waals surface area contributed by atoms with Crippen molar-refractivity contribution in [1.29, 1.82) is 0 Å². The van der Waals surface area contributed by atoms with Gasteiger partial charge in [-0.3, -0.25) is 14.5 Å². The summed E-state index contributed by atoms with van der Waals surface area (Å²) in [5, 5.41) is 2.77. The van der Waals surface area contributed by atoms with Crippen LogP contribution in [0, 0.1) is 5.92 Å². The number of carbonyl (C=O) groups excluding carboxylic acids is 2. The summed E-state index contributed by atoms with van der Waals surface area (Å²) >= 11 is 0. The summed E-state index contributed by atoms with van der Waals surface area (Å²) in [7, 11) is 1.67. The molecule has 1 N–H and O–H groups in total. The van der Waals surface area contributed by atoms with Crippen LogP contribution in [0.2, 0.25) is 0 Å². The summed E-state index contributed by atoms with van der Waals surface area (Å²) in [4.78, 5) is 29.8. The Kier molecular flexibility index (Phi) is 4.84. The molecule has 27 heavy (non-hydrogen) atoms. The topological polar surface area (TPSA) is 61.9 Å². The number of rotatable bonds is 3. The molecular weight excluding hydrogens is 342 g/mol. The number of piperidine rings is 3. The SMILES string of the molecule is COc1ccc([C@@H]2CN(C(=O)C(=O)NC(C)C)[C@@H]3C4CCN(CC4)[C@@H]32)cc1. The van der Waals surface area contributed by atoms with Crippen molar-refractivity contribution >= 4 is 11.8 Å². The summed E-state index contributed by atoms with van der Waals surface area (Å²) in [5.74, 6) is 0.723. The van der Waals surface area contributed by atoms with Crippen molar-refractivity contribution in [2.75, 3.05) is 26.7 Å². The van der Waals surface area contributed by atoms with Crippen LogP contribution in [0.4, 0.5) is 0 Å². The number of methoxy groups -OCH3 is 1. The van der Waals surface area contributed by atoms with E-state index in [9.17, 15) is 9.59 Å². The van der Waals surface area contributed by atoms with Gasteiger partial charge in [-0.05, 0) is 63.4 Å². The van der Waals surface area contributed by atoms with Crippen molar-refractivity contribution in [3.05, 3.63) is 29.8 Å². The number of nitrogens with one attached hydrogen (secondary N) is 1. The zero-order valence-corrected chi connectivity index (χ0v) is 16.4. The molecule has 2 amide bonds. The second-order valence-electron chi connectivity index (χ2n) is 8.32. The lowest BCUT2D eigenvalue weighted by molar-refractivity contribution is -0.149. The lowest BCUT2D eigenvalue weighted by atomic mass is 9.75. The number of likely N-dealkylation sites (tertiary alicyclic amines) is 1. The Morgan fingerprint density at radius 1 is 1.11 bits per heavy atom. The van der Waals surface area contributed by atoms with Gasteiger partial charge < -0.3 is 15.0 Å². The quantitative estimate of drug-likeness (QED) is 0.820. The molecule has 0 spiro atoms. The maximum absolute atomic E-state index is 13.0. The van der Waals surface area contributed by atoms with Crippen molar-refractivity contribution in [2.45, 2.75) is 50.7 Å². The molecule has 3 atom stereocenters. The van der Waals surface area contributed by atoms with Gasteiger partial charge in [0.2, 0.25) is 0 Å². The van der Waals surface area contributed by atoms with Crippen LogP contribution >= 0.6 is 0 Å². The normalized spacial score (nSPS) is 31.7. The van der Waals surface area contributed by atoms with Crippen LogP contribution in [0.5, 0.6) is 5.75 Å². The molecule has 6 nitrogen and oxygen atoms in total. The van der Waals surface area contributed by atoms with E-state index in [-0.39, 0.29) is 23.9 Å². The minimum absolute atomic E-state index is 0.0382. The van der Waals surface area contributed by atoms with Gasteiger partial charge in [-0.2, -0.15) is 0 Å². The molecule has 4 heterocycles. The van der Waals surface area contributed by atoms with Crippen molar-refractivity contribution in [3.63, 3.8) is 0 Å². The van der Waals surface area contributed by atoms with Gasteiger partial charge in [0.1, 0.15) is 5.75 Å². The van der Waals surface area contributed by atoms with Gasteiger partial charge in [0.25, 0.3) is 0 Å². The number of hydrogen-bond acceptors (Lipinski definition) is 4. The maximum atomic E-state index is 13.0. The third-order valence-electron chi connectivity index (χ3n) is 6.41. The van der Waals surface area contributed by atoms with Crippen LogP contribution in [0.3, 0.4) is 0 Å². The van der Waals surface area contributed by atoms with Crippen LogP contribution in [0.25, 0.3) is 0 Å². The summed E-state index contributed by atoms with van der Waals surface area (Å²) in [5.41, 5.74) is 1.22. The minimum atomic E-state index is -0.476. The molecule has 2 bridgehead atoms. The third kappa shape index (κ3) is 3.20. The average molecular weight is 371 g/mol. The fourth-order valence-electron chi connectivity index (χ4n) is 5.25. The van der Waals surface area contributed by atoms with Crippen LogP contribution < -0.4 is 10.1 Å². The minimum Gasteiger partial charge on any atom is -0.497 e. The summed E-state index contributed by atoms with van der Waals surface area (Å²) in [6, 6.07) is 8.58. The lowest BCUT2D eigenvalue weighted by Gasteiger charge is -2.51. The molecule has 0 saturated carbocycles. The highest BCUT2D eigenvalue weighted by Crippen LogP contribution is 2.46. The second-order valence-corrected chi connectivity index (χ2v) is 8.32. The fraction of sp³-hybridized carbons (Fsp3) is 0.619. The molecule has 1 aromatic rings. The molecule has 0 unspecified atom stereocenters. The smallest absolute Gasteiger partial charge is 0.312 e. The summed E-state index contributed by atoms with van der Waals surface area (Å²) in [6.07, 6.45) is 2.23. The molecule has 4 saturated heterocycles. The van der Waals surface area contributed by atoms with E-state index in [2.05, 4.69) is 22.3 Å². The zero-order valence-electron chi connectivity index (χ0n) is 16.4. The predicted molar refractivity (Wildman–Crippen MR) is 103 cm³/mol. The number of fused-ring (bicyclic) bond motifs is 2. The van der Waals surface area contributed by atoms with Crippen molar-refractivity contribution in [3.8, 4) is 5.75 Å². The van der Waals surface area contributed by atoms with Crippen LogP contribution in [0.15, 0.2) is 24.3 Å². The Morgan fingerprint density at radius 3 is 2.37 bits per heavy atom. The maximum Gasteiger partial charge on any atom is 0.312 e. The van der Waals surface area contributed by atoms with Crippen LogP contribution in [-0.4, -0.2) is 66.5 Å². The zero-order chi connectivity index (χ0) is 19.1. The Balaban J connectivity index is 1.63. The Labute approximate surface area is 160 Å². The first-order chi connectivity index (χ1) is 13.0. The average Bonchev–Trinajstić information content (AvgIpc) is 3.10. The molecular formula is C21H29N3O3. The number of hydrogen-bond donors (Lipinski definition) is 1. The van der Waals surface area contributed by atoms with Gasteiger partial charge in [-0.1, -0.05) is 12.1 Å². The van der Waals surface area contributed by atoms with E-state index < -0.39 is 5.91 Å². The van der Waals surface area contributed by atoms with E-state index >= 15 is 0 Å². The van der Waals surface area contributed by atoms with Crippen molar-refractivity contribution < 1.29 is 14.3 Å². The molecule has 0 aliphatic carbocycles. The third-order valence-corrected chi connectivity index (χ3v) is 6.41. The van der Waals surface area contributed by atoms with Gasteiger partial charge in [-0.25, -0.2) is 0 Å². The monoisotopic (exact) mass is 371 g/mol. The van der Waals surface area contributed by atoms with Crippen molar-refractivity contribution in [1.82, 2.24) is 15.1 Å². The summed E-state index contributed by atoms with van der Waals surface area (Å²) < 4.78 is 5.29.